The molecule has 3 amide bonds. The van der Waals surface area contributed by atoms with Gasteiger partial charge in [-0.3, -0.25) is 4.79 Å². The van der Waals surface area contributed by atoms with Crippen molar-refractivity contribution in [1.82, 2.24) is 15.5 Å². The van der Waals surface area contributed by atoms with Crippen LogP contribution in [-0.2, 0) is 16.0 Å². The van der Waals surface area contributed by atoms with Gasteiger partial charge in [0.25, 0.3) is 0 Å². The van der Waals surface area contributed by atoms with E-state index in [1.54, 1.807) is 0 Å². The predicted molar refractivity (Wildman–Crippen MR) is 112 cm³/mol. The molecule has 7 heteroatoms. The summed E-state index contributed by atoms with van der Waals surface area (Å²) in [4.78, 5) is 39.1. The molecule has 30 heavy (non-hydrogen) atoms. The van der Waals surface area contributed by atoms with Gasteiger partial charge in [0.15, 0.2) is 0 Å². The zero-order valence-corrected chi connectivity index (χ0v) is 17.3. The second kappa shape index (κ2) is 9.16. The third kappa shape index (κ3) is 4.21. The Labute approximate surface area is 177 Å². The lowest BCUT2D eigenvalue weighted by molar-refractivity contribution is -0.126. The van der Waals surface area contributed by atoms with Crippen molar-refractivity contribution in [1.29, 1.82) is 0 Å². The van der Waals surface area contributed by atoms with E-state index in [0.717, 1.165) is 55.9 Å². The van der Waals surface area contributed by atoms with E-state index in [1.165, 1.54) is 4.90 Å². The SMILES string of the molecule is O=C[C@@H]1CCCN1C(=O)N[C@H](C(=O)N[C@H]1c2ccccc2C[C@H]1O)C1CCCCC1. The van der Waals surface area contributed by atoms with Crippen molar-refractivity contribution in [2.75, 3.05) is 6.54 Å². The van der Waals surface area contributed by atoms with Gasteiger partial charge in [-0.15, -0.1) is 0 Å². The quantitative estimate of drug-likeness (QED) is 0.644. The van der Waals surface area contributed by atoms with Crippen molar-refractivity contribution in [3.8, 4) is 0 Å². The van der Waals surface area contributed by atoms with Crippen molar-refractivity contribution in [3.63, 3.8) is 0 Å². The number of amides is 3. The van der Waals surface area contributed by atoms with Crippen LogP contribution in [0.15, 0.2) is 24.3 Å². The normalized spacial score (nSPS) is 27.4. The van der Waals surface area contributed by atoms with Gasteiger partial charge in [0.2, 0.25) is 5.91 Å². The summed E-state index contributed by atoms with van der Waals surface area (Å²) in [5, 5.41) is 16.5. The first-order chi connectivity index (χ1) is 14.6. The molecular weight excluding hydrogens is 382 g/mol. The molecule has 1 heterocycles. The van der Waals surface area contributed by atoms with Crippen LogP contribution < -0.4 is 10.6 Å². The van der Waals surface area contributed by atoms with Crippen LogP contribution in [0.5, 0.6) is 0 Å². The van der Waals surface area contributed by atoms with Gasteiger partial charge >= 0.3 is 6.03 Å². The van der Waals surface area contributed by atoms with Crippen molar-refractivity contribution in [2.24, 2.45) is 5.92 Å². The molecule has 0 unspecified atom stereocenters. The summed E-state index contributed by atoms with van der Waals surface area (Å²) in [5.74, 6) is -0.188. The molecule has 3 aliphatic rings. The fourth-order valence-corrected chi connectivity index (χ4v) is 5.26. The lowest BCUT2D eigenvalue weighted by atomic mass is 9.83. The first-order valence-electron chi connectivity index (χ1n) is 11.2. The Bertz CT molecular complexity index is 792. The molecule has 0 radical (unpaired) electrons. The monoisotopic (exact) mass is 413 g/mol. The average Bonchev–Trinajstić information content (AvgIpc) is 3.37. The van der Waals surface area contributed by atoms with Gasteiger partial charge in [0.05, 0.1) is 18.2 Å². The first-order valence-corrected chi connectivity index (χ1v) is 11.2. The van der Waals surface area contributed by atoms with Crippen LogP contribution >= 0.6 is 0 Å². The van der Waals surface area contributed by atoms with Crippen LogP contribution in [0, 0.1) is 5.92 Å². The molecule has 4 atom stereocenters. The summed E-state index contributed by atoms with van der Waals surface area (Å²) >= 11 is 0. The minimum Gasteiger partial charge on any atom is -0.390 e. The summed E-state index contributed by atoms with van der Waals surface area (Å²) in [6, 6.07) is 5.86. The van der Waals surface area contributed by atoms with E-state index in [2.05, 4.69) is 10.6 Å². The number of likely N-dealkylation sites (tertiary alicyclic amines) is 1. The number of nitrogens with zero attached hydrogens (tertiary/aromatic N) is 1. The number of carbonyl (C=O) groups is 3. The fourth-order valence-electron chi connectivity index (χ4n) is 5.26. The van der Waals surface area contributed by atoms with Gasteiger partial charge in [-0.05, 0) is 42.7 Å². The summed E-state index contributed by atoms with van der Waals surface area (Å²) in [5.41, 5.74) is 1.98. The molecule has 162 valence electrons. The number of fused-ring (bicyclic) bond motifs is 1. The molecule has 3 N–H and O–H groups in total. The third-order valence-electron chi connectivity index (χ3n) is 6.90. The Morgan fingerprint density at radius 3 is 2.63 bits per heavy atom. The van der Waals surface area contributed by atoms with Gasteiger partial charge in [0, 0.05) is 13.0 Å². The molecule has 7 nitrogen and oxygen atoms in total. The molecule has 1 saturated carbocycles. The average molecular weight is 414 g/mol. The highest BCUT2D eigenvalue weighted by Crippen LogP contribution is 2.32. The number of carbonyl (C=O) groups excluding carboxylic acids is 3. The van der Waals surface area contributed by atoms with E-state index in [0.29, 0.717) is 19.4 Å². The van der Waals surface area contributed by atoms with Crippen LogP contribution in [0.25, 0.3) is 0 Å². The van der Waals surface area contributed by atoms with E-state index >= 15 is 0 Å². The topological polar surface area (TPSA) is 98.7 Å². The highest BCUT2D eigenvalue weighted by Gasteiger charge is 2.38. The maximum absolute atomic E-state index is 13.3. The maximum Gasteiger partial charge on any atom is 0.318 e. The molecular formula is C23H31N3O4. The van der Waals surface area contributed by atoms with Crippen LogP contribution in [0.1, 0.15) is 62.1 Å². The van der Waals surface area contributed by atoms with Gasteiger partial charge in [-0.2, -0.15) is 0 Å². The van der Waals surface area contributed by atoms with E-state index in [9.17, 15) is 19.5 Å². The number of benzene rings is 1. The van der Waals surface area contributed by atoms with E-state index < -0.39 is 24.2 Å². The molecule has 1 saturated heterocycles. The van der Waals surface area contributed by atoms with E-state index in [4.69, 9.17) is 0 Å². The van der Waals surface area contributed by atoms with Crippen LogP contribution in [0.3, 0.4) is 0 Å². The summed E-state index contributed by atoms with van der Waals surface area (Å²) in [6.07, 6.45) is 7.12. The lowest BCUT2D eigenvalue weighted by Crippen LogP contribution is -2.56. The molecule has 2 fully saturated rings. The van der Waals surface area contributed by atoms with Crippen molar-refractivity contribution >= 4 is 18.2 Å². The minimum atomic E-state index is -0.674. The highest BCUT2D eigenvalue weighted by atomic mass is 16.3. The second-order valence-electron chi connectivity index (χ2n) is 8.82. The standard InChI is InChI=1S/C23H31N3O4/c27-14-17-10-6-12-26(17)23(30)25-20(15-7-2-1-3-8-15)22(29)24-21-18-11-5-4-9-16(18)13-19(21)28/h4-5,9,11,14-15,17,19-21,28H,1-3,6-8,10,12-13H2,(H,24,29)(H,25,30)/t17-,19+,20-,21-/m0/s1. The number of aldehydes is 1. The summed E-state index contributed by atoms with van der Waals surface area (Å²) in [7, 11) is 0. The molecule has 2 aliphatic carbocycles. The Morgan fingerprint density at radius 2 is 1.87 bits per heavy atom. The maximum atomic E-state index is 13.3. The number of hydrogen-bond acceptors (Lipinski definition) is 4. The van der Waals surface area contributed by atoms with Gasteiger partial charge < -0.3 is 25.4 Å². The summed E-state index contributed by atoms with van der Waals surface area (Å²) < 4.78 is 0. The van der Waals surface area contributed by atoms with Crippen molar-refractivity contribution < 1.29 is 19.5 Å². The largest absolute Gasteiger partial charge is 0.390 e. The number of urea groups is 1. The fraction of sp³-hybridized carbons (Fsp3) is 0.609. The summed E-state index contributed by atoms with van der Waals surface area (Å²) in [6.45, 7) is 0.531. The van der Waals surface area contributed by atoms with Crippen LogP contribution in [-0.4, -0.2) is 53.0 Å². The molecule has 0 aromatic heterocycles. The molecule has 1 aromatic carbocycles. The second-order valence-corrected chi connectivity index (χ2v) is 8.82. The number of rotatable bonds is 5. The van der Waals surface area contributed by atoms with Crippen LogP contribution in [0.2, 0.25) is 0 Å². The predicted octanol–water partition coefficient (Wildman–Crippen LogP) is 2.08. The Kier molecular flexibility index (Phi) is 6.37. The molecule has 1 aromatic rings. The van der Waals surface area contributed by atoms with E-state index in [-0.39, 0.29) is 17.9 Å². The van der Waals surface area contributed by atoms with Gasteiger partial charge in [-0.1, -0.05) is 43.5 Å². The molecule has 4 rings (SSSR count). The third-order valence-corrected chi connectivity index (χ3v) is 6.90. The smallest absolute Gasteiger partial charge is 0.318 e. The van der Waals surface area contributed by atoms with E-state index in [1.807, 2.05) is 24.3 Å². The number of aliphatic hydroxyl groups excluding tert-OH is 1. The Balaban J connectivity index is 1.50. The van der Waals surface area contributed by atoms with Crippen molar-refractivity contribution in [3.05, 3.63) is 35.4 Å². The highest BCUT2D eigenvalue weighted by molar-refractivity contribution is 5.88. The lowest BCUT2D eigenvalue weighted by Gasteiger charge is -2.33. The molecule has 1 aliphatic heterocycles. The number of aliphatic hydroxyl groups is 1. The Morgan fingerprint density at radius 1 is 1.10 bits per heavy atom. The van der Waals surface area contributed by atoms with Crippen LogP contribution in [0.4, 0.5) is 4.79 Å². The first kappa shape index (κ1) is 20.8. The molecule has 0 spiro atoms. The Hall–Kier alpha value is -2.41. The zero-order valence-electron chi connectivity index (χ0n) is 17.3. The van der Waals surface area contributed by atoms with Gasteiger partial charge in [0.1, 0.15) is 12.3 Å². The van der Waals surface area contributed by atoms with Gasteiger partial charge in [-0.25, -0.2) is 4.79 Å². The number of nitrogens with one attached hydrogen (secondary N) is 2. The minimum absolute atomic E-state index is 0.0637. The zero-order chi connectivity index (χ0) is 21.1. The van der Waals surface area contributed by atoms with Crippen molar-refractivity contribution in [2.45, 2.75) is 75.6 Å². The molecule has 0 bridgehead atoms. The number of hydrogen-bond donors (Lipinski definition) is 3.